The number of aliphatic hydroxyl groups excluding tert-OH is 1. The molecule has 1 fully saturated rings. The Morgan fingerprint density at radius 2 is 2.05 bits per heavy atom. The first-order valence-electron chi connectivity index (χ1n) is 12.9. The minimum atomic E-state index is -3.24. The van der Waals surface area contributed by atoms with Gasteiger partial charge in [-0.15, -0.1) is 0 Å². The monoisotopic (exact) mass is 543 g/mol. The molecule has 0 radical (unpaired) electrons. The zero-order valence-corrected chi connectivity index (χ0v) is 23.5. The molecule has 11 heteroatoms. The van der Waals surface area contributed by atoms with Gasteiger partial charge in [0, 0.05) is 30.9 Å². The van der Waals surface area contributed by atoms with Crippen LogP contribution in [0.25, 0.3) is 22.6 Å². The van der Waals surface area contributed by atoms with Gasteiger partial charge in [0.2, 0.25) is 10.0 Å². The number of rotatable bonds is 10. The van der Waals surface area contributed by atoms with Crippen LogP contribution in [0.1, 0.15) is 35.6 Å². The first-order valence-corrected chi connectivity index (χ1v) is 14.7. The van der Waals surface area contributed by atoms with E-state index in [-0.39, 0.29) is 12.5 Å². The maximum absolute atomic E-state index is 12.2. The second-order valence-electron chi connectivity index (χ2n) is 10.1. The first-order chi connectivity index (χ1) is 18.1. The molecule has 1 aliphatic heterocycles. The van der Waals surface area contributed by atoms with Crippen molar-refractivity contribution in [3.8, 4) is 28.4 Å². The number of sulfonamides is 1. The molecular formula is C27H37N5O5S. The van der Waals surface area contributed by atoms with E-state index in [0.717, 1.165) is 46.6 Å². The molecule has 3 aromatic rings. The Balaban J connectivity index is 1.71. The Hall–Kier alpha value is -2.86. The summed E-state index contributed by atoms with van der Waals surface area (Å²) in [5.41, 5.74) is 4.94. The van der Waals surface area contributed by atoms with E-state index in [1.165, 1.54) is 6.26 Å². The van der Waals surface area contributed by atoms with Crippen molar-refractivity contribution in [1.29, 1.82) is 0 Å². The van der Waals surface area contributed by atoms with Gasteiger partial charge in [-0.25, -0.2) is 22.7 Å². The summed E-state index contributed by atoms with van der Waals surface area (Å²) in [6, 6.07) is 7.50. The average molecular weight is 544 g/mol. The molecule has 2 atom stereocenters. The van der Waals surface area contributed by atoms with Gasteiger partial charge in [0.05, 0.1) is 23.2 Å². The molecule has 4 rings (SSSR count). The smallest absolute Gasteiger partial charge is 0.211 e. The third-order valence-corrected chi connectivity index (χ3v) is 8.19. The predicted molar refractivity (Wildman–Crippen MR) is 145 cm³/mol. The van der Waals surface area contributed by atoms with Gasteiger partial charge in [-0.1, -0.05) is 17.3 Å². The number of benzene rings is 1. The van der Waals surface area contributed by atoms with Crippen LogP contribution < -0.4 is 10.1 Å². The van der Waals surface area contributed by atoms with Gasteiger partial charge in [-0.05, 0) is 70.7 Å². The Labute approximate surface area is 224 Å². The van der Waals surface area contributed by atoms with Crippen molar-refractivity contribution in [3.63, 3.8) is 0 Å². The quantitative estimate of drug-likeness (QED) is 0.396. The maximum atomic E-state index is 12.2. The van der Waals surface area contributed by atoms with Crippen LogP contribution >= 0.6 is 0 Å². The third kappa shape index (κ3) is 6.58. The highest BCUT2D eigenvalue weighted by molar-refractivity contribution is 7.88. The van der Waals surface area contributed by atoms with Crippen molar-refractivity contribution >= 4 is 10.0 Å². The molecule has 0 aliphatic carbocycles. The molecule has 10 nitrogen and oxygen atoms in total. The number of piperidine rings is 1. The van der Waals surface area contributed by atoms with Crippen molar-refractivity contribution in [2.45, 2.75) is 46.1 Å². The highest BCUT2D eigenvalue weighted by Crippen LogP contribution is 2.33. The minimum Gasteiger partial charge on any atom is -0.491 e. The molecule has 0 saturated carbocycles. The fourth-order valence-corrected chi connectivity index (χ4v) is 5.88. The maximum Gasteiger partial charge on any atom is 0.211 e. The number of likely N-dealkylation sites (N-methyl/N-ethyl adjacent to an activating group) is 1. The van der Waals surface area contributed by atoms with E-state index in [1.54, 1.807) is 11.4 Å². The van der Waals surface area contributed by atoms with E-state index in [2.05, 4.69) is 10.5 Å². The molecule has 0 spiro atoms. The topological polar surface area (TPSA) is 131 Å². The Kier molecular flexibility index (Phi) is 8.81. The molecule has 3 heterocycles. The second kappa shape index (κ2) is 11.9. The van der Waals surface area contributed by atoms with E-state index >= 15 is 0 Å². The summed E-state index contributed by atoms with van der Waals surface area (Å²) in [5.74, 6) is 1.98. The molecule has 2 unspecified atom stereocenters. The molecule has 1 saturated heterocycles. The predicted octanol–water partition coefficient (Wildman–Crippen LogP) is 2.90. The number of aryl methyl sites for hydroxylation is 2. The molecule has 2 aromatic heterocycles. The minimum absolute atomic E-state index is 0.153. The third-order valence-electron chi connectivity index (χ3n) is 6.92. The van der Waals surface area contributed by atoms with Crippen molar-refractivity contribution < 1.29 is 22.8 Å². The van der Waals surface area contributed by atoms with Crippen LogP contribution in [0.5, 0.6) is 5.75 Å². The highest BCUT2D eigenvalue weighted by atomic mass is 32.2. The van der Waals surface area contributed by atoms with Crippen LogP contribution in [0, 0.1) is 26.7 Å². The lowest BCUT2D eigenvalue weighted by Crippen LogP contribution is -2.40. The highest BCUT2D eigenvalue weighted by Gasteiger charge is 2.28. The zero-order valence-electron chi connectivity index (χ0n) is 22.7. The van der Waals surface area contributed by atoms with Crippen LogP contribution in [-0.4, -0.2) is 78.6 Å². The molecular weight excluding hydrogens is 506 g/mol. The zero-order chi connectivity index (χ0) is 27.4. The summed E-state index contributed by atoms with van der Waals surface area (Å²) in [7, 11) is -1.47. The number of nitrogens with zero attached hydrogens (tertiary/aromatic N) is 4. The van der Waals surface area contributed by atoms with E-state index < -0.39 is 16.1 Å². The lowest BCUT2D eigenvalue weighted by Gasteiger charge is -2.31. The van der Waals surface area contributed by atoms with Gasteiger partial charge in [-0.3, -0.25) is 0 Å². The number of aliphatic hydroxyl groups is 1. The van der Waals surface area contributed by atoms with Crippen molar-refractivity contribution in [2.75, 3.05) is 39.5 Å². The number of nitrogens with one attached hydrogen (secondary N) is 1. The summed E-state index contributed by atoms with van der Waals surface area (Å²) in [6.07, 6.45) is 3.04. The largest absolute Gasteiger partial charge is 0.491 e. The molecule has 38 heavy (non-hydrogen) atoms. The molecule has 0 amide bonds. The molecule has 1 aliphatic rings. The summed E-state index contributed by atoms with van der Waals surface area (Å²) < 4.78 is 37.2. The summed E-state index contributed by atoms with van der Waals surface area (Å²) in [5, 5.41) is 17.1. The number of aromatic nitrogens is 3. The van der Waals surface area contributed by atoms with E-state index in [4.69, 9.17) is 19.2 Å². The Morgan fingerprint density at radius 3 is 2.74 bits per heavy atom. The van der Waals surface area contributed by atoms with Crippen LogP contribution in [-0.2, 0) is 16.4 Å². The van der Waals surface area contributed by atoms with Crippen LogP contribution in [0.2, 0.25) is 0 Å². The fourth-order valence-electron chi connectivity index (χ4n) is 4.94. The molecule has 1 aromatic carbocycles. The molecule has 206 valence electrons. The van der Waals surface area contributed by atoms with E-state index in [1.807, 2.05) is 45.0 Å². The summed E-state index contributed by atoms with van der Waals surface area (Å²) in [4.78, 5) is 9.92. The normalized spacial score (nSPS) is 17.5. The van der Waals surface area contributed by atoms with Crippen LogP contribution in [0.4, 0.5) is 0 Å². The second-order valence-corrected chi connectivity index (χ2v) is 12.0. The van der Waals surface area contributed by atoms with Crippen LogP contribution in [0.3, 0.4) is 0 Å². The molecule has 0 bridgehead atoms. The van der Waals surface area contributed by atoms with Gasteiger partial charge in [0.15, 0.2) is 5.82 Å². The number of hydrogen-bond donors (Lipinski definition) is 2. The number of ether oxygens (including phenoxy) is 1. The summed E-state index contributed by atoms with van der Waals surface area (Å²) in [6.45, 7) is 7.39. The SMILES string of the molecule is CNCC(O)COc1cccc(-c2nc(CC3CCCN(S(C)(=O)=O)C3)c(C)c(-c3c(C)noc3C)n2)c1. The fraction of sp³-hybridized carbons (Fsp3) is 0.519. The van der Waals surface area contributed by atoms with Gasteiger partial charge in [0.1, 0.15) is 24.2 Å². The van der Waals surface area contributed by atoms with Gasteiger partial charge >= 0.3 is 0 Å². The Bertz CT molecular complexity index is 1350. The van der Waals surface area contributed by atoms with Crippen molar-refractivity contribution in [2.24, 2.45) is 5.92 Å². The van der Waals surface area contributed by atoms with Crippen molar-refractivity contribution in [1.82, 2.24) is 24.7 Å². The first kappa shape index (κ1) is 28.2. The van der Waals surface area contributed by atoms with Gasteiger partial charge in [0.25, 0.3) is 0 Å². The van der Waals surface area contributed by atoms with Crippen LogP contribution in [0.15, 0.2) is 28.8 Å². The van der Waals surface area contributed by atoms with E-state index in [9.17, 15) is 13.5 Å². The van der Waals surface area contributed by atoms with E-state index in [0.29, 0.717) is 43.4 Å². The van der Waals surface area contributed by atoms with Gasteiger partial charge < -0.3 is 19.7 Å². The van der Waals surface area contributed by atoms with Gasteiger partial charge in [-0.2, -0.15) is 0 Å². The lowest BCUT2D eigenvalue weighted by molar-refractivity contribution is 0.108. The van der Waals surface area contributed by atoms with Crippen molar-refractivity contribution in [3.05, 3.63) is 47.0 Å². The average Bonchev–Trinajstić information content (AvgIpc) is 3.21. The summed E-state index contributed by atoms with van der Waals surface area (Å²) >= 11 is 0. The standard InChI is InChI=1S/C27H37N5O5S/c1-17-24(12-20-8-7-11-32(15-20)38(5,34)35)29-27(30-26(17)25-18(2)31-37-19(25)3)21-9-6-10-23(13-21)36-16-22(33)14-28-4/h6,9-10,13,20,22,28,33H,7-8,11-12,14-16H2,1-5H3. The molecule has 2 N–H and O–H groups in total. The number of hydrogen-bond acceptors (Lipinski definition) is 9. The Morgan fingerprint density at radius 1 is 1.26 bits per heavy atom. The lowest BCUT2D eigenvalue weighted by atomic mass is 9.91.